The van der Waals surface area contributed by atoms with E-state index in [1.54, 1.807) is 0 Å². The molecule has 0 radical (unpaired) electrons. The molecular formula is C19H32N2. The fraction of sp³-hybridized carbons (Fsp3) is 0.684. The molecule has 0 amide bonds. The second kappa shape index (κ2) is 6.93. The lowest BCUT2D eigenvalue weighted by molar-refractivity contribution is 0.153. The average molecular weight is 288 g/mol. The molecule has 1 aromatic carbocycles. The summed E-state index contributed by atoms with van der Waals surface area (Å²) in [6, 6.07) is 11.3. The predicted octanol–water partition coefficient (Wildman–Crippen LogP) is 3.95. The Balaban J connectivity index is 2.02. The number of nitrogens with zero attached hydrogens (tertiary/aromatic N) is 1. The highest BCUT2D eigenvalue weighted by Gasteiger charge is 2.36. The molecule has 0 spiro atoms. The van der Waals surface area contributed by atoms with Gasteiger partial charge in [-0.3, -0.25) is 0 Å². The molecule has 1 saturated carbocycles. The van der Waals surface area contributed by atoms with Gasteiger partial charge >= 0.3 is 0 Å². The van der Waals surface area contributed by atoms with Crippen molar-refractivity contribution >= 4 is 0 Å². The van der Waals surface area contributed by atoms with Crippen LogP contribution in [-0.2, 0) is 0 Å². The van der Waals surface area contributed by atoms with E-state index in [0.717, 1.165) is 24.9 Å². The molecule has 1 aliphatic rings. The molecule has 0 bridgehead atoms. The lowest BCUT2D eigenvalue weighted by atomic mass is 9.79. The van der Waals surface area contributed by atoms with E-state index in [-0.39, 0.29) is 5.41 Å². The molecule has 0 aromatic heterocycles. The molecule has 3 atom stereocenters. The van der Waals surface area contributed by atoms with Crippen LogP contribution in [0.25, 0.3) is 0 Å². The SMILES string of the molecule is CCNC(c1ccccc1)C(C)(C)CN(C)CC1CC1C. The predicted molar refractivity (Wildman–Crippen MR) is 91.4 cm³/mol. The monoisotopic (exact) mass is 288 g/mol. The maximum Gasteiger partial charge on any atom is 0.0384 e. The van der Waals surface area contributed by atoms with Gasteiger partial charge < -0.3 is 10.2 Å². The molecule has 0 heterocycles. The molecule has 1 fully saturated rings. The van der Waals surface area contributed by atoms with Crippen molar-refractivity contribution in [1.29, 1.82) is 0 Å². The Morgan fingerprint density at radius 3 is 2.43 bits per heavy atom. The van der Waals surface area contributed by atoms with Crippen LogP contribution in [0, 0.1) is 17.3 Å². The maximum atomic E-state index is 3.70. The fourth-order valence-electron chi connectivity index (χ4n) is 3.60. The number of nitrogens with one attached hydrogen (secondary N) is 1. The van der Waals surface area contributed by atoms with E-state index in [2.05, 4.69) is 75.3 Å². The minimum Gasteiger partial charge on any atom is -0.310 e. The highest BCUT2D eigenvalue weighted by molar-refractivity contribution is 5.21. The zero-order valence-corrected chi connectivity index (χ0v) is 14.4. The van der Waals surface area contributed by atoms with Crippen LogP contribution >= 0.6 is 0 Å². The van der Waals surface area contributed by atoms with Gasteiger partial charge in [0.1, 0.15) is 0 Å². The quantitative estimate of drug-likeness (QED) is 0.779. The van der Waals surface area contributed by atoms with Crippen LogP contribution in [0.15, 0.2) is 30.3 Å². The molecule has 2 nitrogen and oxygen atoms in total. The molecule has 118 valence electrons. The van der Waals surface area contributed by atoms with Crippen LogP contribution in [0.2, 0.25) is 0 Å². The second-order valence-corrected chi connectivity index (χ2v) is 7.56. The van der Waals surface area contributed by atoms with Crippen molar-refractivity contribution in [1.82, 2.24) is 10.2 Å². The number of hydrogen-bond acceptors (Lipinski definition) is 2. The van der Waals surface area contributed by atoms with Crippen molar-refractivity contribution < 1.29 is 0 Å². The normalized spacial score (nSPS) is 23.3. The summed E-state index contributed by atoms with van der Waals surface area (Å²) in [5.74, 6) is 1.87. The van der Waals surface area contributed by atoms with Crippen molar-refractivity contribution in [2.75, 3.05) is 26.7 Å². The third kappa shape index (κ3) is 4.55. The van der Waals surface area contributed by atoms with E-state index >= 15 is 0 Å². The topological polar surface area (TPSA) is 15.3 Å². The van der Waals surface area contributed by atoms with E-state index in [1.807, 2.05) is 0 Å². The van der Waals surface area contributed by atoms with Crippen LogP contribution in [0.4, 0.5) is 0 Å². The van der Waals surface area contributed by atoms with Crippen LogP contribution in [0.3, 0.4) is 0 Å². The standard InChI is InChI=1S/C19H32N2/c1-6-20-18(16-10-8-7-9-11-16)19(3,4)14-21(5)13-17-12-15(17)2/h7-11,15,17-18,20H,6,12-14H2,1-5H3. The minimum atomic E-state index is 0.213. The van der Waals surface area contributed by atoms with Crippen molar-refractivity contribution in [3.63, 3.8) is 0 Å². The lowest BCUT2D eigenvalue weighted by Crippen LogP contribution is -2.42. The summed E-state index contributed by atoms with van der Waals surface area (Å²) in [6.07, 6.45) is 1.42. The maximum absolute atomic E-state index is 3.70. The van der Waals surface area contributed by atoms with E-state index in [9.17, 15) is 0 Å². The molecule has 21 heavy (non-hydrogen) atoms. The first-order chi connectivity index (χ1) is 9.94. The summed E-state index contributed by atoms with van der Waals surface area (Å²) in [4.78, 5) is 2.53. The third-order valence-electron chi connectivity index (χ3n) is 4.82. The van der Waals surface area contributed by atoms with Gasteiger partial charge in [-0.25, -0.2) is 0 Å². The number of benzene rings is 1. The largest absolute Gasteiger partial charge is 0.310 e. The summed E-state index contributed by atoms with van der Waals surface area (Å²) in [5.41, 5.74) is 1.61. The Hall–Kier alpha value is -0.860. The first-order valence-corrected chi connectivity index (χ1v) is 8.41. The first kappa shape index (κ1) is 16.5. The van der Waals surface area contributed by atoms with Gasteiger partial charge in [0.2, 0.25) is 0 Å². The first-order valence-electron chi connectivity index (χ1n) is 8.41. The van der Waals surface area contributed by atoms with Gasteiger partial charge in [-0.2, -0.15) is 0 Å². The van der Waals surface area contributed by atoms with Gasteiger partial charge in [0.15, 0.2) is 0 Å². The Morgan fingerprint density at radius 1 is 1.29 bits per heavy atom. The van der Waals surface area contributed by atoms with Crippen LogP contribution in [0.5, 0.6) is 0 Å². The van der Waals surface area contributed by atoms with Gasteiger partial charge in [0.25, 0.3) is 0 Å². The molecule has 0 saturated heterocycles. The Morgan fingerprint density at radius 2 is 1.90 bits per heavy atom. The van der Waals surface area contributed by atoms with E-state index < -0.39 is 0 Å². The minimum absolute atomic E-state index is 0.213. The summed E-state index contributed by atoms with van der Waals surface area (Å²) < 4.78 is 0. The molecular weight excluding hydrogens is 256 g/mol. The molecule has 0 aliphatic heterocycles. The summed E-state index contributed by atoms with van der Waals surface area (Å²) in [6.45, 7) is 12.7. The summed E-state index contributed by atoms with van der Waals surface area (Å²) >= 11 is 0. The molecule has 1 N–H and O–H groups in total. The molecule has 1 aliphatic carbocycles. The van der Waals surface area contributed by atoms with Crippen molar-refractivity contribution in [3.8, 4) is 0 Å². The van der Waals surface area contributed by atoms with Gasteiger partial charge in [0.05, 0.1) is 0 Å². The highest BCUT2D eigenvalue weighted by atomic mass is 15.1. The Kier molecular flexibility index (Phi) is 5.45. The van der Waals surface area contributed by atoms with Gasteiger partial charge in [-0.1, -0.05) is 58.0 Å². The smallest absolute Gasteiger partial charge is 0.0384 e. The Labute approximate surface area is 130 Å². The zero-order valence-electron chi connectivity index (χ0n) is 14.4. The average Bonchev–Trinajstić information content (AvgIpc) is 3.11. The number of hydrogen-bond donors (Lipinski definition) is 1. The van der Waals surface area contributed by atoms with Crippen molar-refractivity contribution in [2.24, 2.45) is 17.3 Å². The van der Waals surface area contributed by atoms with Crippen LogP contribution in [-0.4, -0.2) is 31.6 Å². The van der Waals surface area contributed by atoms with Crippen LogP contribution in [0.1, 0.15) is 45.7 Å². The fourth-order valence-corrected chi connectivity index (χ4v) is 3.60. The van der Waals surface area contributed by atoms with Crippen molar-refractivity contribution in [3.05, 3.63) is 35.9 Å². The van der Waals surface area contributed by atoms with E-state index in [1.165, 1.54) is 18.5 Å². The zero-order chi connectivity index (χ0) is 15.5. The summed E-state index contributed by atoms with van der Waals surface area (Å²) in [7, 11) is 2.28. The van der Waals surface area contributed by atoms with Gasteiger partial charge in [-0.05, 0) is 42.8 Å². The molecule has 2 rings (SSSR count). The molecule has 3 unspecified atom stereocenters. The van der Waals surface area contributed by atoms with E-state index in [0.29, 0.717) is 6.04 Å². The Bertz CT molecular complexity index is 426. The highest BCUT2D eigenvalue weighted by Crippen LogP contribution is 2.39. The van der Waals surface area contributed by atoms with Gasteiger partial charge in [0, 0.05) is 19.1 Å². The van der Waals surface area contributed by atoms with Crippen LogP contribution < -0.4 is 5.32 Å². The number of rotatable bonds is 8. The molecule has 2 heteroatoms. The summed E-state index contributed by atoms with van der Waals surface area (Å²) in [5, 5.41) is 3.70. The lowest BCUT2D eigenvalue weighted by Gasteiger charge is -2.38. The second-order valence-electron chi connectivity index (χ2n) is 7.56. The molecule has 1 aromatic rings. The van der Waals surface area contributed by atoms with E-state index in [4.69, 9.17) is 0 Å². The third-order valence-corrected chi connectivity index (χ3v) is 4.82. The van der Waals surface area contributed by atoms with Crippen molar-refractivity contribution in [2.45, 2.75) is 40.2 Å². The van der Waals surface area contributed by atoms with Gasteiger partial charge in [-0.15, -0.1) is 0 Å².